The van der Waals surface area contributed by atoms with Gasteiger partial charge in [-0.05, 0) is 24.1 Å². The van der Waals surface area contributed by atoms with Crippen molar-refractivity contribution < 1.29 is 9.50 Å². The molecule has 5 nitrogen and oxygen atoms in total. The summed E-state index contributed by atoms with van der Waals surface area (Å²) in [5.74, 6) is 1.35. The molecule has 1 aromatic carbocycles. The second kappa shape index (κ2) is 5.91. The Kier molecular flexibility index (Phi) is 3.98. The summed E-state index contributed by atoms with van der Waals surface area (Å²) in [5.41, 5.74) is 1.02. The number of likely N-dealkylation sites (tertiary alicyclic amines) is 1. The number of aromatic nitrogens is 3. The Morgan fingerprint density at radius 3 is 2.81 bits per heavy atom. The summed E-state index contributed by atoms with van der Waals surface area (Å²) in [5, 5.41) is 17.0. The number of aliphatic hydroxyl groups excluding tert-OH is 1. The molecular weight excluding hydrogens is 271 g/mol. The summed E-state index contributed by atoms with van der Waals surface area (Å²) < 4.78 is 13.0. The van der Waals surface area contributed by atoms with Gasteiger partial charge in [0.25, 0.3) is 0 Å². The largest absolute Gasteiger partial charge is 0.392 e. The van der Waals surface area contributed by atoms with E-state index in [1.807, 2.05) is 6.92 Å². The van der Waals surface area contributed by atoms with Crippen molar-refractivity contribution in [3.8, 4) is 0 Å². The number of hydrogen-bond donors (Lipinski definition) is 2. The molecule has 2 heterocycles. The van der Waals surface area contributed by atoms with Crippen LogP contribution in [0.2, 0.25) is 0 Å². The molecule has 0 aliphatic carbocycles. The quantitative estimate of drug-likeness (QED) is 0.901. The molecule has 6 heteroatoms. The predicted molar refractivity (Wildman–Crippen MR) is 75.9 cm³/mol. The van der Waals surface area contributed by atoms with Crippen LogP contribution in [0.4, 0.5) is 4.39 Å². The van der Waals surface area contributed by atoms with Gasteiger partial charge in [0.2, 0.25) is 0 Å². The maximum absolute atomic E-state index is 13.0. The SMILES string of the molecule is CCc1n[nH]c(CN2CC(O)CC2c2ccc(F)cc2)n1. The third-order valence-electron chi connectivity index (χ3n) is 3.88. The van der Waals surface area contributed by atoms with E-state index in [1.54, 1.807) is 12.1 Å². The number of nitrogens with one attached hydrogen (secondary N) is 1. The van der Waals surface area contributed by atoms with Crippen LogP contribution in [-0.2, 0) is 13.0 Å². The van der Waals surface area contributed by atoms with Gasteiger partial charge in [-0.15, -0.1) is 0 Å². The lowest BCUT2D eigenvalue weighted by atomic mass is 10.0. The number of benzene rings is 1. The van der Waals surface area contributed by atoms with Crippen LogP contribution in [0.5, 0.6) is 0 Å². The van der Waals surface area contributed by atoms with E-state index in [1.165, 1.54) is 12.1 Å². The highest BCUT2D eigenvalue weighted by Gasteiger charge is 2.32. The van der Waals surface area contributed by atoms with Gasteiger partial charge in [0.1, 0.15) is 17.5 Å². The van der Waals surface area contributed by atoms with E-state index in [0.29, 0.717) is 19.5 Å². The van der Waals surface area contributed by atoms with Crippen LogP contribution in [-0.4, -0.2) is 37.8 Å². The number of halogens is 1. The van der Waals surface area contributed by atoms with Gasteiger partial charge in [0, 0.05) is 19.0 Å². The van der Waals surface area contributed by atoms with Gasteiger partial charge in [0.15, 0.2) is 0 Å². The number of hydrogen-bond acceptors (Lipinski definition) is 4. The average molecular weight is 290 g/mol. The Hall–Kier alpha value is -1.79. The molecule has 0 amide bonds. The van der Waals surface area contributed by atoms with E-state index in [0.717, 1.165) is 23.6 Å². The summed E-state index contributed by atoms with van der Waals surface area (Å²) in [7, 11) is 0. The van der Waals surface area contributed by atoms with Crippen molar-refractivity contribution >= 4 is 0 Å². The molecule has 1 aliphatic heterocycles. The van der Waals surface area contributed by atoms with Gasteiger partial charge < -0.3 is 5.11 Å². The number of H-pyrrole nitrogens is 1. The number of rotatable bonds is 4. The van der Waals surface area contributed by atoms with Crippen molar-refractivity contribution in [2.24, 2.45) is 0 Å². The molecule has 2 atom stereocenters. The minimum Gasteiger partial charge on any atom is -0.392 e. The van der Waals surface area contributed by atoms with Crippen LogP contribution >= 0.6 is 0 Å². The van der Waals surface area contributed by atoms with Gasteiger partial charge in [-0.2, -0.15) is 5.10 Å². The molecule has 1 aliphatic rings. The first kappa shape index (κ1) is 14.2. The molecule has 112 valence electrons. The lowest BCUT2D eigenvalue weighted by molar-refractivity contribution is 0.171. The van der Waals surface area contributed by atoms with E-state index in [2.05, 4.69) is 20.1 Å². The van der Waals surface area contributed by atoms with Crippen molar-refractivity contribution in [1.82, 2.24) is 20.1 Å². The fourth-order valence-corrected chi connectivity index (χ4v) is 2.84. The van der Waals surface area contributed by atoms with Crippen molar-refractivity contribution in [3.05, 3.63) is 47.3 Å². The molecule has 3 rings (SSSR count). The van der Waals surface area contributed by atoms with Crippen LogP contribution in [0, 0.1) is 5.82 Å². The highest BCUT2D eigenvalue weighted by Crippen LogP contribution is 2.33. The van der Waals surface area contributed by atoms with Crippen molar-refractivity contribution in [2.75, 3.05) is 6.54 Å². The van der Waals surface area contributed by atoms with Gasteiger partial charge in [0.05, 0.1) is 12.6 Å². The molecule has 0 saturated carbocycles. The zero-order valence-electron chi connectivity index (χ0n) is 12.0. The lowest BCUT2D eigenvalue weighted by Crippen LogP contribution is -2.25. The van der Waals surface area contributed by atoms with Crippen LogP contribution in [0.3, 0.4) is 0 Å². The van der Waals surface area contributed by atoms with Crippen LogP contribution in [0.1, 0.15) is 36.6 Å². The minimum atomic E-state index is -0.367. The first-order valence-corrected chi connectivity index (χ1v) is 7.23. The number of β-amino-alcohol motifs (C(OH)–C–C–N with tert-alkyl or cyclic N) is 1. The highest BCUT2D eigenvalue weighted by atomic mass is 19.1. The Balaban J connectivity index is 1.77. The Labute approximate surface area is 122 Å². The maximum Gasteiger partial charge on any atom is 0.150 e. The molecule has 0 bridgehead atoms. The van der Waals surface area contributed by atoms with E-state index in [-0.39, 0.29) is 18.0 Å². The van der Waals surface area contributed by atoms with Crippen LogP contribution in [0.25, 0.3) is 0 Å². The van der Waals surface area contributed by atoms with Crippen LogP contribution < -0.4 is 0 Å². The van der Waals surface area contributed by atoms with Crippen molar-refractivity contribution in [3.63, 3.8) is 0 Å². The molecular formula is C15H19FN4O. The molecule has 1 saturated heterocycles. The standard InChI is InChI=1S/C15H19FN4O/c1-2-14-17-15(19-18-14)9-20-8-12(21)7-13(20)10-3-5-11(16)6-4-10/h3-6,12-13,21H,2,7-9H2,1H3,(H,17,18,19). The van der Waals surface area contributed by atoms with Crippen molar-refractivity contribution in [1.29, 1.82) is 0 Å². The summed E-state index contributed by atoms with van der Waals surface area (Å²) in [6.07, 6.45) is 1.08. The fraction of sp³-hybridized carbons (Fsp3) is 0.467. The van der Waals surface area contributed by atoms with E-state index < -0.39 is 0 Å². The molecule has 1 aromatic heterocycles. The summed E-state index contributed by atoms with van der Waals surface area (Å²) in [6, 6.07) is 6.56. The first-order chi connectivity index (χ1) is 10.2. The topological polar surface area (TPSA) is 65.0 Å². The molecule has 2 unspecified atom stereocenters. The highest BCUT2D eigenvalue weighted by molar-refractivity contribution is 5.21. The molecule has 1 fully saturated rings. The zero-order valence-corrected chi connectivity index (χ0v) is 12.0. The first-order valence-electron chi connectivity index (χ1n) is 7.23. The summed E-state index contributed by atoms with van der Waals surface area (Å²) in [6.45, 7) is 3.20. The number of aromatic amines is 1. The molecule has 0 spiro atoms. The second-order valence-corrected chi connectivity index (χ2v) is 5.44. The monoisotopic (exact) mass is 290 g/mol. The Morgan fingerprint density at radius 1 is 1.38 bits per heavy atom. The predicted octanol–water partition coefficient (Wildman–Crippen LogP) is 1.81. The van der Waals surface area contributed by atoms with Gasteiger partial charge in [-0.25, -0.2) is 9.37 Å². The third kappa shape index (κ3) is 3.11. The van der Waals surface area contributed by atoms with Gasteiger partial charge >= 0.3 is 0 Å². The van der Waals surface area contributed by atoms with Gasteiger partial charge in [-0.3, -0.25) is 10.00 Å². The second-order valence-electron chi connectivity index (χ2n) is 5.44. The normalized spacial score (nSPS) is 22.8. The summed E-state index contributed by atoms with van der Waals surface area (Å²) in [4.78, 5) is 6.56. The van der Waals surface area contributed by atoms with E-state index in [9.17, 15) is 9.50 Å². The minimum absolute atomic E-state index is 0.0794. The third-order valence-corrected chi connectivity index (χ3v) is 3.88. The number of nitrogens with zero attached hydrogens (tertiary/aromatic N) is 3. The Bertz CT molecular complexity index is 598. The summed E-state index contributed by atoms with van der Waals surface area (Å²) >= 11 is 0. The van der Waals surface area contributed by atoms with Crippen molar-refractivity contribution in [2.45, 2.75) is 38.5 Å². The molecule has 21 heavy (non-hydrogen) atoms. The molecule has 0 radical (unpaired) electrons. The number of aliphatic hydroxyl groups is 1. The van der Waals surface area contributed by atoms with E-state index in [4.69, 9.17) is 0 Å². The van der Waals surface area contributed by atoms with E-state index >= 15 is 0 Å². The lowest BCUT2D eigenvalue weighted by Gasteiger charge is -2.23. The fourth-order valence-electron chi connectivity index (χ4n) is 2.84. The van der Waals surface area contributed by atoms with Crippen LogP contribution in [0.15, 0.2) is 24.3 Å². The maximum atomic E-state index is 13.0. The number of aryl methyl sites for hydroxylation is 1. The average Bonchev–Trinajstić information content (AvgIpc) is 3.07. The van der Waals surface area contributed by atoms with Gasteiger partial charge in [-0.1, -0.05) is 19.1 Å². The zero-order chi connectivity index (χ0) is 14.8. The molecule has 2 aromatic rings. The molecule has 2 N–H and O–H groups in total. The Morgan fingerprint density at radius 2 is 2.14 bits per heavy atom. The smallest absolute Gasteiger partial charge is 0.150 e.